The van der Waals surface area contributed by atoms with Crippen LogP contribution < -0.4 is 9.47 Å². The van der Waals surface area contributed by atoms with Crippen molar-refractivity contribution < 1.29 is 42.4 Å². The number of benzene rings is 1. The SMILES string of the molecule is COCO[C@H]1CCN2C(=O)C(Cc3cn(C(=O)OC(C)(C)C)c4c5c(ccc34)OC(C)(C)C(O[Si](C)(C)C(C)(C)C)CO5)N=C(OC)[C@@]12C/C=C(/C)CCl. The Bertz CT molecular complexity index is 1790. The van der Waals surface area contributed by atoms with Gasteiger partial charge in [0.25, 0.3) is 0 Å². The normalized spacial score (nSPS) is 24.7. The number of ether oxygens (including phenoxy) is 6. The van der Waals surface area contributed by atoms with E-state index in [-0.39, 0.29) is 36.9 Å². The first-order valence-electron chi connectivity index (χ1n) is 18.8. The summed E-state index contributed by atoms with van der Waals surface area (Å²) in [4.78, 5) is 35.3. The van der Waals surface area contributed by atoms with Gasteiger partial charge in [-0.1, -0.05) is 32.4 Å². The van der Waals surface area contributed by atoms with Crippen LogP contribution in [0.3, 0.4) is 0 Å². The number of methoxy groups -OCH3 is 2. The molecule has 0 saturated carbocycles. The number of amides is 1. The number of halogens is 1. The van der Waals surface area contributed by atoms with Gasteiger partial charge in [-0.25, -0.2) is 14.4 Å². The molecule has 1 saturated heterocycles. The summed E-state index contributed by atoms with van der Waals surface area (Å²) in [5.74, 6) is 1.50. The van der Waals surface area contributed by atoms with E-state index in [9.17, 15) is 9.59 Å². The van der Waals surface area contributed by atoms with Gasteiger partial charge in [0.15, 0.2) is 19.8 Å². The summed E-state index contributed by atoms with van der Waals surface area (Å²) < 4.78 is 44.9. The minimum absolute atomic E-state index is 0.0239. The van der Waals surface area contributed by atoms with Crippen LogP contribution >= 0.6 is 11.6 Å². The molecule has 2 aromatic rings. The largest absolute Gasteiger partial charge is 0.485 e. The summed E-state index contributed by atoms with van der Waals surface area (Å²) in [6, 6.07) is 2.93. The van der Waals surface area contributed by atoms with Crippen LogP contribution in [-0.4, -0.2) is 111 Å². The van der Waals surface area contributed by atoms with Crippen molar-refractivity contribution in [1.29, 1.82) is 0 Å². The number of aliphatic imine (C=N–C) groups is 1. The molecule has 0 aliphatic carbocycles. The van der Waals surface area contributed by atoms with Gasteiger partial charge in [-0.2, -0.15) is 0 Å². The number of rotatable bonds is 10. The van der Waals surface area contributed by atoms with Gasteiger partial charge in [-0.3, -0.25) is 4.79 Å². The maximum atomic E-state index is 14.5. The number of allylic oxidation sites excluding steroid dienone is 1. The Balaban J connectivity index is 1.60. The van der Waals surface area contributed by atoms with Crippen LogP contribution in [0.4, 0.5) is 4.79 Å². The first-order valence-corrected chi connectivity index (χ1v) is 22.2. The number of aromatic nitrogens is 1. The van der Waals surface area contributed by atoms with Crippen molar-refractivity contribution in [3.8, 4) is 11.5 Å². The summed E-state index contributed by atoms with van der Waals surface area (Å²) in [6.07, 6.45) is 3.55. The zero-order valence-corrected chi connectivity index (χ0v) is 36.1. The Morgan fingerprint density at radius 1 is 1.13 bits per heavy atom. The van der Waals surface area contributed by atoms with Gasteiger partial charge in [-0.05, 0) is 83.8 Å². The molecule has 1 fully saturated rings. The highest BCUT2D eigenvalue weighted by atomic mass is 35.5. The maximum Gasteiger partial charge on any atom is 0.419 e. The van der Waals surface area contributed by atoms with Gasteiger partial charge in [-0.15, -0.1) is 11.6 Å². The van der Waals surface area contributed by atoms with Gasteiger partial charge in [0.05, 0.1) is 13.2 Å². The molecule has 14 heteroatoms. The summed E-state index contributed by atoms with van der Waals surface area (Å²) in [7, 11) is 0.923. The fourth-order valence-corrected chi connectivity index (χ4v) is 8.68. The van der Waals surface area contributed by atoms with Crippen LogP contribution in [-0.2, 0) is 34.6 Å². The van der Waals surface area contributed by atoms with Crippen LogP contribution in [0.25, 0.3) is 10.9 Å². The number of alkyl halides is 1. The molecule has 300 valence electrons. The Labute approximate surface area is 326 Å². The van der Waals surface area contributed by atoms with Crippen molar-refractivity contribution in [3.05, 3.63) is 35.5 Å². The Kier molecular flexibility index (Phi) is 12.0. The molecule has 0 radical (unpaired) electrons. The molecule has 12 nitrogen and oxygen atoms in total. The zero-order valence-electron chi connectivity index (χ0n) is 34.4. The molecule has 0 N–H and O–H groups in total. The van der Waals surface area contributed by atoms with Gasteiger partial charge in [0, 0.05) is 44.0 Å². The van der Waals surface area contributed by atoms with Gasteiger partial charge in [0.2, 0.25) is 11.8 Å². The molecule has 1 aromatic carbocycles. The van der Waals surface area contributed by atoms with E-state index >= 15 is 0 Å². The Morgan fingerprint density at radius 2 is 1.83 bits per heavy atom. The highest BCUT2D eigenvalue weighted by Crippen LogP contribution is 2.46. The molecule has 3 aliphatic rings. The highest BCUT2D eigenvalue weighted by molar-refractivity contribution is 6.74. The molecule has 2 unspecified atom stereocenters. The number of fused-ring (bicyclic) bond motifs is 4. The van der Waals surface area contributed by atoms with Crippen molar-refractivity contribution in [1.82, 2.24) is 9.47 Å². The number of hydrogen-bond donors (Lipinski definition) is 0. The van der Waals surface area contributed by atoms with E-state index in [0.29, 0.717) is 59.1 Å². The van der Waals surface area contributed by atoms with Crippen molar-refractivity contribution >= 4 is 48.7 Å². The molecule has 0 spiro atoms. The fourth-order valence-electron chi connectivity index (χ4n) is 7.16. The Hall–Kier alpha value is -3.10. The van der Waals surface area contributed by atoms with E-state index in [1.165, 1.54) is 4.57 Å². The third-order valence-electron chi connectivity index (χ3n) is 11.1. The predicted octanol–water partition coefficient (Wildman–Crippen LogP) is 7.87. The predicted molar refractivity (Wildman–Crippen MR) is 213 cm³/mol. The standard InChI is InChI=1S/C40H60ClN3O9Si/c1-25(21-41)16-18-40-30(50-24-47-10)17-19-44(40)34(45)28(42-35(40)48-11)20-26-22-43(36(46)52-37(2,3)4)32-27(26)14-15-29-33(32)49-23-31(39(8,9)51-29)53-54(12,13)38(5,6)7/h14-16,22,28,30-31H,17-21,23-24H2,1-13H3/b25-16-/t28?,30-,31?,40+/m0/s1. The smallest absolute Gasteiger partial charge is 0.419 e. The van der Waals surface area contributed by atoms with Crippen LogP contribution in [0.2, 0.25) is 18.1 Å². The van der Waals surface area contributed by atoms with Crippen molar-refractivity contribution in [3.63, 3.8) is 0 Å². The van der Waals surface area contributed by atoms with Gasteiger partial charge >= 0.3 is 6.09 Å². The molecule has 1 amide bonds. The lowest BCUT2D eigenvalue weighted by molar-refractivity contribution is -0.142. The molecule has 0 bridgehead atoms. The number of nitrogens with zero attached hydrogens (tertiary/aromatic N) is 3. The van der Waals surface area contributed by atoms with Crippen LogP contribution in [0.15, 0.2) is 35.0 Å². The second-order valence-corrected chi connectivity index (χ2v) is 22.7. The van der Waals surface area contributed by atoms with Crippen LogP contribution in [0.1, 0.15) is 80.7 Å². The van der Waals surface area contributed by atoms with Crippen LogP contribution in [0.5, 0.6) is 11.5 Å². The molecular weight excluding hydrogens is 730 g/mol. The second-order valence-electron chi connectivity index (χ2n) is 17.7. The molecule has 5 rings (SSSR count). The molecule has 4 heterocycles. The molecule has 54 heavy (non-hydrogen) atoms. The number of hydrogen-bond acceptors (Lipinski definition) is 10. The third kappa shape index (κ3) is 8.07. The van der Waals surface area contributed by atoms with E-state index < -0.39 is 43.3 Å². The summed E-state index contributed by atoms with van der Waals surface area (Å²) in [5.41, 5.74) is -0.300. The topological polar surface area (TPSA) is 119 Å². The number of carbonyl (C=O) groups excluding carboxylic acids is 2. The van der Waals surface area contributed by atoms with Crippen molar-refractivity contribution in [2.45, 2.75) is 135 Å². The third-order valence-corrected chi connectivity index (χ3v) is 16.0. The molecule has 1 aromatic heterocycles. The van der Waals surface area contributed by atoms with E-state index in [2.05, 4.69) is 33.9 Å². The minimum atomic E-state index is -2.21. The first-order chi connectivity index (χ1) is 25.1. The summed E-state index contributed by atoms with van der Waals surface area (Å²) in [5, 5.41) is 0.691. The van der Waals surface area contributed by atoms with Crippen molar-refractivity contribution in [2.75, 3.05) is 40.0 Å². The van der Waals surface area contributed by atoms with Gasteiger partial charge in [0.1, 0.15) is 47.8 Å². The first kappa shape index (κ1) is 42.0. The number of carbonyl (C=O) groups is 2. The molecule has 3 aliphatic heterocycles. The fraction of sp³-hybridized carbons (Fsp3) is 0.675. The molecule has 4 atom stereocenters. The Morgan fingerprint density at radius 3 is 2.44 bits per heavy atom. The van der Waals surface area contributed by atoms with E-state index in [1.54, 1.807) is 20.4 Å². The van der Waals surface area contributed by atoms with Gasteiger partial charge < -0.3 is 37.7 Å². The zero-order chi connectivity index (χ0) is 40.0. The second kappa shape index (κ2) is 15.4. The summed E-state index contributed by atoms with van der Waals surface area (Å²) in [6.45, 7) is 23.2. The highest BCUT2D eigenvalue weighted by Gasteiger charge is 2.59. The average Bonchev–Trinajstić information content (AvgIpc) is 3.60. The van der Waals surface area contributed by atoms with Crippen LogP contribution in [0, 0.1) is 0 Å². The minimum Gasteiger partial charge on any atom is -0.485 e. The molecular formula is C40H60ClN3O9Si. The van der Waals surface area contributed by atoms with Crippen molar-refractivity contribution in [2.24, 2.45) is 4.99 Å². The maximum absolute atomic E-state index is 14.5. The lowest BCUT2D eigenvalue weighted by atomic mass is 9.85. The monoisotopic (exact) mass is 789 g/mol. The van der Waals surface area contributed by atoms with E-state index in [4.69, 9.17) is 49.4 Å². The average molecular weight is 790 g/mol. The lowest BCUT2D eigenvalue weighted by Gasteiger charge is -2.45. The van der Waals surface area contributed by atoms with E-state index in [0.717, 1.165) is 5.57 Å². The quantitative estimate of drug-likeness (QED) is 0.103. The summed E-state index contributed by atoms with van der Waals surface area (Å²) >= 11 is 6.15. The lowest BCUT2D eigenvalue weighted by Crippen LogP contribution is -2.64. The van der Waals surface area contributed by atoms with E-state index in [1.807, 2.05) is 64.7 Å².